The minimum Gasteiger partial charge on any atom is -0.461 e. The molecule has 2 unspecified atom stereocenters. The van der Waals surface area contributed by atoms with Crippen molar-refractivity contribution in [1.82, 2.24) is 19.7 Å². The van der Waals surface area contributed by atoms with Crippen molar-refractivity contribution < 1.29 is 17.9 Å². The third-order valence-corrected chi connectivity index (χ3v) is 8.33. The average molecular weight is 534 g/mol. The first-order valence-electron chi connectivity index (χ1n) is 12.5. The Balaban J connectivity index is 1.30. The number of nitrogens with zero attached hydrogens (tertiary/aromatic N) is 5. The van der Waals surface area contributed by atoms with Gasteiger partial charge in [0.05, 0.1) is 11.8 Å². The van der Waals surface area contributed by atoms with Crippen molar-refractivity contribution in [1.29, 1.82) is 0 Å². The Labute approximate surface area is 220 Å². The zero-order valence-corrected chi connectivity index (χ0v) is 22.2. The summed E-state index contributed by atoms with van der Waals surface area (Å²) in [6.45, 7) is 13.2. The van der Waals surface area contributed by atoms with Gasteiger partial charge in [0.15, 0.2) is 16.7 Å². The van der Waals surface area contributed by atoms with Crippen LogP contribution in [0, 0.1) is 5.92 Å². The van der Waals surface area contributed by atoms with Gasteiger partial charge in [0, 0.05) is 37.6 Å². The largest absolute Gasteiger partial charge is 0.461 e. The molecule has 0 bridgehead atoms. The number of hydrogen-bond donors (Lipinski definition) is 0. The van der Waals surface area contributed by atoms with Gasteiger partial charge in [0.25, 0.3) is 0 Å². The summed E-state index contributed by atoms with van der Waals surface area (Å²) >= 11 is 1.66. The summed E-state index contributed by atoms with van der Waals surface area (Å²) in [5, 5.41) is 9.45. The summed E-state index contributed by atoms with van der Waals surface area (Å²) in [4.78, 5) is 4.78. The summed E-state index contributed by atoms with van der Waals surface area (Å²) in [7, 11) is 1.92. The van der Waals surface area contributed by atoms with Crippen LogP contribution in [0.25, 0.3) is 5.76 Å². The maximum absolute atomic E-state index is 13.0. The number of allylic oxidation sites excluding steroid dienone is 2. The molecular formula is C27H34F3N5OS. The van der Waals surface area contributed by atoms with Gasteiger partial charge >= 0.3 is 6.18 Å². The number of fused-ring (bicyclic) bond motifs is 1. The zero-order chi connectivity index (χ0) is 26.6. The van der Waals surface area contributed by atoms with Gasteiger partial charge in [-0.1, -0.05) is 31.0 Å². The van der Waals surface area contributed by atoms with Crippen molar-refractivity contribution in [3.05, 3.63) is 66.7 Å². The van der Waals surface area contributed by atoms with E-state index in [2.05, 4.69) is 33.2 Å². The minimum atomic E-state index is -4.30. The lowest BCUT2D eigenvalue weighted by atomic mass is 9.92. The number of anilines is 1. The van der Waals surface area contributed by atoms with E-state index >= 15 is 0 Å². The Hall–Kier alpha value is -2.72. The normalized spacial score (nSPS) is 20.9. The molecule has 2 fully saturated rings. The molecule has 0 N–H and O–H groups in total. The van der Waals surface area contributed by atoms with E-state index < -0.39 is 11.7 Å². The first-order chi connectivity index (χ1) is 17.7. The molecule has 6 nitrogen and oxygen atoms in total. The second-order valence-electron chi connectivity index (χ2n) is 9.51. The molecule has 2 aliphatic heterocycles. The molecule has 2 atom stereocenters. The highest BCUT2D eigenvalue weighted by Gasteiger charge is 2.38. The van der Waals surface area contributed by atoms with E-state index in [-0.39, 0.29) is 0 Å². The van der Waals surface area contributed by atoms with Gasteiger partial charge in [-0.2, -0.15) is 13.2 Å². The van der Waals surface area contributed by atoms with E-state index in [9.17, 15) is 13.2 Å². The second-order valence-corrected chi connectivity index (χ2v) is 10.6. The topological polar surface area (TPSA) is 46.4 Å². The Kier molecular flexibility index (Phi) is 8.69. The van der Waals surface area contributed by atoms with Crippen LogP contribution in [0.15, 0.2) is 60.5 Å². The smallest absolute Gasteiger partial charge is 0.416 e. The molecule has 3 heterocycles. The molecule has 2 aliphatic rings. The van der Waals surface area contributed by atoms with Crippen LogP contribution in [0.4, 0.5) is 18.9 Å². The van der Waals surface area contributed by atoms with Gasteiger partial charge in [0.2, 0.25) is 0 Å². The van der Waals surface area contributed by atoms with Gasteiger partial charge in [-0.05, 0) is 75.0 Å². The quantitative estimate of drug-likeness (QED) is 0.162. The number of ether oxygens (including phenoxy) is 1. The van der Waals surface area contributed by atoms with Gasteiger partial charge in [-0.15, -0.1) is 10.2 Å². The van der Waals surface area contributed by atoms with Gasteiger partial charge in [-0.3, -0.25) is 0 Å². The molecule has 2 saturated heterocycles. The standard InChI is InChI=1S/C27H34F3N5OS/c1-5-19(3)24(36-6-2)25-31-32-26(33(25)4)37-17-7-14-34-15-12-20-13-16-35(23(20)18-34)22-10-8-21(9-11-22)27(28,29)30/h5-6,8-11,20,23H,1-2,7,12-18H2,3-4H3/b24-19-. The lowest BCUT2D eigenvalue weighted by Crippen LogP contribution is -2.48. The van der Waals surface area contributed by atoms with E-state index in [0.717, 1.165) is 67.6 Å². The first-order valence-corrected chi connectivity index (χ1v) is 13.5. The van der Waals surface area contributed by atoms with Crippen LogP contribution in [0.1, 0.15) is 37.6 Å². The van der Waals surface area contributed by atoms with Crippen molar-refractivity contribution in [2.24, 2.45) is 13.0 Å². The third-order valence-electron chi connectivity index (χ3n) is 7.23. The Morgan fingerprint density at radius 2 is 1.89 bits per heavy atom. The summed E-state index contributed by atoms with van der Waals surface area (Å²) in [5.74, 6) is 2.72. The Morgan fingerprint density at radius 3 is 2.57 bits per heavy atom. The average Bonchev–Trinajstić information content (AvgIpc) is 3.47. The summed E-state index contributed by atoms with van der Waals surface area (Å²) in [6, 6.07) is 5.97. The van der Waals surface area contributed by atoms with Crippen LogP contribution in [0.3, 0.4) is 0 Å². The number of hydrogen-bond acceptors (Lipinski definition) is 6. The van der Waals surface area contributed by atoms with Gasteiger partial charge in [0.1, 0.15) is 0 Å². The number of benzene rings is 1. The number of aromatic nitrogens is 3. The molecule has 2 aromatic rings. The highest BCUT2D eigenvalue weighted by atomic mass is 32.2. The van der Waals surface area contributed by atoms with Crippen molar-refractivity contribution in [2.45, 2.75) is 43.6 Å². The molecular weight excluding hydrogens is 499 g/mol. The van der Waals surface area contributed by atoms with E-state index in [1.54, 1.807) is 30.0 Å². The van der Waals surface area contributed by atoms with E-state index in [1.807, 2.05) is 18.5 Å². The van der Waals surface area contributed by atoms with Crippen LogP contribution >= 0.6 is 11.8 Å². The van der Waals surface area contributed by atoms with Crippen molar-refractivity contribution in [3.8, 4) is 0 Å². The predicted molar refractivity (Wildman–Crippen MR) is 142 cm³/mol. The Morgan fingerprint density at radius 1 is 1.16 bits per heavy atom. The molecule has 37 heavy (non-hydrogen) atoms. The highest BCUT2D eigenvalue weighted by molar-refractivity contribution is 7.99. The van der Waals surface area contributed by atoms with Crippen molar-refractivity contribution in [3.63, 3.8) is 0 Å². The van der Waals surface area contributed by atoms with Crippen LogP contribution in [-0.4, -0.2) is 57.6 Å². The first kappa shape index (κ1) is 27.3. The number of piperidine rings is 1. The van der Waals surface area contributed by atoms with Gasteiger partial charge in [-0.25, -0.2) is 0 Å². The van der Waals surface area contributed by atoms with Crippen LogP contribution in [-0.2, 0) is 18.0 Å². The molecule has 0 radical (unpaired) electrons. The molecule has 10 heteroatoms. The van der Waals surface area contributed by atoms with Crippen molar-refractivity contribution in [2.75, 3.05) is 36.8 Å². The van der Waals surface area contributed by atoms with Crippen LogP contribution in [0.5, 0.6) is 0 Å². The highest BCUT2D eigenvalue weighted by Crippen LogP contribution is 2.37. The molecule has 0 aliphatic carbocycles. The predicted octanol–water partition coefficient (Wildman–Crippen LogP) is 5.99. The van der Waals surface area contributed by atoms with E-state index in [1.165, 1.54) is 18.4 Å². The fraction of sp³-hybridized carbons (Fsp3) is 0.481. The zero-order valence-electron chi connectivity index (χ0n) is 21.4. The molecule has 0 saturated carbocycles. The summed E-state index contributed by atoms with van der Waals surface area (Å²) in [5.41, 5.74) is 1.14. The molecule has 4 rings (SSSR count). The lowest BCUT2D eigenvalue weighted by molar-refractivity contribution is -0.137. The molecule has 1 aromatic carbocycles. The van der Waals surface area contributed by atoms with Crippen molar-refractivity contribution >= 4 is 23.2 Å². The SMILES string of the molecule is C=CO/C(=C(/C)C=C)c1nnc(SCCCN2CCC3CCN(c4ccc(C(F)(F)F)cc4)C3C2)n1C. The molecule has 0 amide bonds. The van der Waals surface area contributed by atoms with E-state index in [0.29, 0.717) is 23.5 Å². The number of thioether (sulfide) groups is 1. The number of halogens is 3. The second kappa shape index (κ2) is 11.8. The number of likely N-dealkylation sites (tertiary alicyclic amines) is 1. The molecule has 1 aromatic heterocycles. The van der Waals surface area contributed by atoms with Crippen LogP contribution in [0.2, 0.25) is 0 Å². The molecule has 200 valence electrons. The summed E-state index contributed by atoms with van der Waals surface area (Å²) < 4.78 is 46.4. The van der Waals surface area contributed by atoms with Crippen LogP contribution < -0.4 is 4.90 Å². The monoisotopic (exact) mass is 533 g/mol. The maximum atomic E-state index is 13.0. The maximum Gasteiger partial charge on any atom is 0.416 e. The lowest BCUT2D eigenvalue weighted by Gasteiger charge is -2.39. The third kappa shape index (κ3) is 6.23. The number of rotatable bonds is 10. The summed E-state index contributed by atoms with van der Waals surface area (Å²) in [6.07, 6.45) is 2.01. The Bertz CT molecular complexity index is 1130. The fourth-order valence-electron chi connectivity index (χ4n) is 5.16. The molecule has 0 spiro atoms. The minimum absolute atomic E-state index is 0.350. The van der Waals surface area contributed by atoms with E-state index in [4.69, 9.17) is 4.74 Å². The number of alkyl halides is 3. The fourth-order valence-corrected chi connectivity index (χ4v) is 5.99. The van der Waals surface area contributed by atoms with Gasteiger partial charge < -0.3 is 19.1 Å².